The highest BCUT2D eigenvalue weighted by atomic mass is 16.6. The van der Waals surface area contributed by atoms with E-state index in [9.17, 15) is 14.9 Å². The second kappa shape index (κ2) is 11.1. The molecule has 39 heavy (non-hydrogen) atoms. The number of fused-ring (bicyclic) bond motifs is 1. The Balaban J connectivity index is 1.47. The van der Waals surface area contributed by atoms with Gasteiger partial charge < -0.3 is 24.2 Å². The van der Waals surface area contributed by atoms with Crippen molar-refractivity contribution in [2.75, 3.05) is 13.1 Å². The summed E-state index contributed by atoms with van der Waals surface area (Å²) in [4.78, 5) is 35.1. The number of benzene rings is 1. The van der Waals surface area contributed by atoms with Crippen molar-refractivity contribution in [3.63, 3.8) is 0 Å². The quantitative estimate of drug-likeness (QED) is 0.494. The van der Waals surface area contributed by atoms with Crippen molar-refractivity contribution in [3.05, 3.63) is 46.6 Å². The van der Waals surface area contributed by atoms with E-state index in [0.717, 1.165) is 22.3 Å². The lowest BCUT2D eigenvalue weighted by Gasteiger charge is -2.30. The highest BCUT2D eigenvalue weighted by Gasteiger charge is 2.25. The maximum absolute atomic E-state index is 12.7. The van der Waals surface area contributed by atoms with Gasteiger partial charge in [-0.25, -0.2) is 9.78 Å². The van der Waals surface area contributed by atoms with Gasteiger partial charge in [-0.2, -0.15) is 10.2 Å². The summed E-state index contributed by atoms with van der Waals surface area (Å²) in [6.45, 7) is 11.9. The molecular weight excluding hydrogens is 500 g/mol. The van der Waals surface area contributed by atoms with Gasteiger partial charge in [0.25, 0.3) is 5.89 Å². The summed E-state index contributed by atoms with van der Waals surface area (Å²) < 4.78 is 16.3. The summed E-state index contributed by atoms with van der Waals surface area (Å²) in [5, 5.41) is 16.2. The Labute approximate surface area is 227 Å². The van der Waals surface area contributed by atoms with Crippen LogP contribution in [0.2, 0.25) is 0 Å². The van der Waals surface area contributed by atoms with Crippen molar-refractivity contribution < 1.29 is 23.6 Å². The molecule has 0 radical (unpaired) electrons. The van der Waals surface area contributed by atoms with Crippen LogP contribution in [0.25, 0.3) is 22.8 Å². The third kappa shape index (κ3) is 6.52. The number of rotatable bonds is 6. The molecule has 0 bridgehead atoms. The lowest BCUT2D eigenvalue weighted by atomic mass is 9.91. The predicted molar refractivity (Wildman–Crippen MR) is 142 cm³/mol. The van der Waals surface area contributed by atoms with Crippen molar-refractivity contribution in [2.45, 2.75) is 66.2 Å². The number of pyridine rings is 1. The molecule has 0 atom stereocenters. The molecule has 1 aliphatic rings. The molecule has 3 aromatic rings. The molecule has 204 valence electrons. The summed E-state index contributed by atoms with van der Waals surface area (Å²) in [5.41, 5.74) is 4.17. The molecule has 3 heterocycles. The highest BCUT2D eigenvalue weighted by Crippen LogP contribution is 2.31. The summed E-state index contributed by atoms with van der Waals surface area (Å²) in [6.07, 6.45) is 1.47. The zero-order valence-corrected chi connectivity index (χ0v) is 23.0. The number of alkyl carbamates (subject to hydrolysis) is 1. The maximum Gasteiger partial charge on any atom is 0.408 e. The molecule has 2 amide bonds. The average Bonchev–Trinajstić information content (AvgIpc) is 3.36. The lowest BCUT2D eigenvalue weighted by Crippen LogP contribution is -2.43. The van der Waals surface area contributed by atoms with Gasteiger partial charge >= 0.3 is 6.09 Å². The van der Waals surface area contributed by atoms with Gasteiger partial charge in [0, 0.05) is 24.8 Å². The van der Waals surface area contributed by atoms with Gasteiger partial charge in [0.15, 0.2) is 0 Å². The molecule has 0 aliphatic carbocycles. The normalized spacial score (nSPS) is 13.0. The highest BCUT2D eigenvalue weighted by molar-refractivity contribution is 5.82. The Bertz CT molecular complexity index is 1430. The molecule has 0 spiro atoms. The number of nitrogens with zero attached hydrogens (tertiary/aromatic N) is 5. The molecule has 0 saturated carbocycles. The van der Waals surface area contributed by atoms with Crippen LogP contribution in [0.5, 0.6) is 5.88 Å². The Morgan fingerprint density at radius 2 is 2.05 bits per heavy atom. The Kier molecular flexibility index (Phi) is 7.85. The fourth-order valence-electron chi connectivity index (χ4n) is 4.29. The van der Waals surface area contributed by atoms with Crippen LogP contribution in [-0.2, 0) is 22.5 Å². The van der Waals surface area contributed by atoms with Crippen molar-refractivity contribution in [3.8, 4) is 34.8 Å². The summed E-state index contributed by atoms with van der Waals surface area (Å²) in [7, 11) is 0. The van der Waals surface area contributed by atoms with E-state index in [1.165, 1.54) is 0 Å². The first-order chi connectivity index (χ1) is 18.4. The van der Waals surface area contributed by atoms with Crippen LogP contribution in [0, 0.1) is 18.3 Å². The maximum atomic E-state index is 12.7. The minimum Gasteiger partial charge on any atom is -0.474 e. The molecule has 4 rings (SSSR count). The third-order valence-electron chi connectivity index (χ3n) is 6.06. The topological polar surface area (TPSA) is 143 Å². The van der Waals surface area contributed by atoms with Gasteiger partial charge in [0.1, 0.15) is 23.8 Å². The summed E-state index contributed by atoms with van der Waals surface area (Å²) >= 11 is 0. The van der Waals surface area contributed by atoms with Crippen LogP contribution < -0.4 is 10.1 Å². The number of aromatic nitrogens is 3. The average molecular weight is 533 g/mol. The summed E-state index contributed by atoms with van der Waals surface area (Å²) in [6, 6.07) is 7.58. The number of nitrogens with one attached hydrogen (secondary N) is 1. The number of carbonyl (C=O) groups excluding carboxylic acids is 2. The monoisotopic (exact) mass is 532 g/mol. The first-order valence-electron chi connectivity index (χ1n) is 12.7. The Morgan fingerprint density at radius 1 is 1.28 bits per heavy atom. The fourth-order valence-corrected chi connectivity index (χ4v) is 4.29. The van der Waals surface area contributed by atoms with Gasteiger partial charge in [0.2, 0.25) is 17.6 Å². The van der Waals surface area contributed by atoms with Crippen molar-refractivity contribution in [1.82, 2.24) is 25.3 Å². The van der Waals surface area contributed by atoms with Crippen molar-refractivity contribution in [2.24, 2.45) is 0 Å². The van der Waals surface area contributed by atoms with Crippen LogP contribution in [0.4, 0.5) is 4.79 Å². The Morgan fingerprint density at radius 3 is 2.74 bits per heavy atom. The van der Waals surface area contributed by atoms with Gasteiger partial charge in [-0.3, -0.25) is 4.79 Å². The first-order valence-corrected chi connectivity index (χ1v) is 12.7. The van der Waals surface area contributed by atoms with E-state index in [2.05, 4.69) is 26.5 Å². The van der Waals surface area contributed by atoms with E-state index in [4.69, 9.17) is 14.0 Å². The third-order valence-corrected chi connectivity index (χ3v) is 6.06. The zero-order chi connectivity index (χ0) is 28.3. The molecule has 1 aliphatic heterocycles. The summed E-state index contributed by atoms with van der Waals surface area (Å²) in [5.74, 6) is 0.753. The number of amides is 2. The minimum absolute atomic E-state index is 0.114. The van der Waals surface area contributed by atoms with Crippen LogP contribution in [-0.4, -0.2) is 56.8 Å². The molecular formula is C28H32N6O5. The molecule has 0 saturated heterocycles. The lowest BCUT2D eigenvalue weighted by molar-refractivity contribution is -0.131. The van der Waals surface area contributed by atoms with Gasteiger partial charge in [0.05, 0.1) is 11.7 Å². The van der Waals surface area contributed by atoms with Crippen molar-refractivity contribution >= 4 is 12.0 Å². The largest absolute Gasteiger partial charge is 0.474 e. The number of nitriles is 1. The SMILES string of the molecule is Cc1c(-c2noc(-c3cnc(OC(C)C)c(C#N)c3)n2)ccc2c1CCN(C(=O)CNC(=O)OC(C)(C)C)C2. The van der Waals surface area contributed by atoms with Crippen LogP contribution in [0.3, 0.4) is 0 Å². The molecule has 0 fully saturated rings. The van der Waals surface area contributed by atoms with E-state index < -0.39 is 11.7 Å². The van der Waals surface area contributed by atoms with E-state index >= 15 is 0 Å². The van der Waals surface area contributed by atoms with E-state index in [1.54, 1.807) is 37.9 Å². The smallest absolute Gasteiger partial charge is 0.408 e. The van der Waals surface area contributed by atoms with Crippen LogP contribution in [0.15, 0.2) is 28.9 Å². The number of hydrogen-bond acceptors (Lipinski definition) is 9. The first kappa shape index (κ1) is 27.6. The van der Waals surface area contributed by atoms with Gasteiger partial charge in [-0.15, -0.1) is 0 Å². The molecule has 1 aromatic carbocycles. The molecule has 2 aromatic heterocycles. The predicted octanol–water partition coefficient (Wildman–Crippen LogP) is 4.18. The zero-order valence-electron chi connectivity index (χ0n) is 23.0. The number of ether oxygens (including phenoxy) is 2. The molecule has 0 unspecified atom stereocenters. The van der Waals surface area contributed by atoms with Crippen LogP contribution in [0.1, 0.15) is 56.9 Å². The second-order valence-electron chi connectivity index (χ2n) is 10.6. The minimum atomic E-state index is -0.630. The second-order valence-corrected chi connectivity index (χ2v) is 10.6. The van der Waals surface area contributed by atoms with Crippen LogP contribution >= 0.6 is 0 Å². The standard InChI is InChI=1S/C28H32N6O5/c1-16(2)37-25-19(12-29)11-20(13-30-25)26-32-24(33-39-26)22-8-7-18-15-34(10-9-21(18)17(22)3)23(35)14-31-27(36)38-28(4,5)6/h7-8,11,13,16H,9-10,14-15H2,1-6H3,(H,31,36). The van der Waals surface area contributed by atoms with E-state index in [1.807, 2.05) is 32.9 Å². The van der Waals surface area contributed by atoms with E-state index in [-0.39, 0.29) is 35.9 Å². The van der Waals surface area contributed by atoms with Gasteiger partial charge in [-0.1, -0.05) is 17.3 Å². The van der Waals surface area contributed by atoms with Crippen molar-refractivity contribution in [1.29, 1.82) is 5.26 Å². The number of carbonyl (C=O) groups is 2. The van der Waals surface area contributed by atoms with E-state index in [0.29, 0.717) is 30.9 Å². The molecule has 11 heteroatoms. The molecule has 11 nitrogen and oxygen atoms in total. The Hall–Kier alpha value is -4.46. The van der Waals surface area contributed by atoms with Gasteiger partial charge in [-0.05, 0) is 70.7 Å². The molecule has 1 N–H and O–H groups in total. The fraction of sp³-hybridized carbons (Fsp3) is 0.429. The number of hydrogen-bond donors (Lipinski definition) is 1.